The molecule has 0 spiro atoms. The van der Waals surface area contributed by atoms with E-state index in [1.807, 2.05) is 49.6 Å². The number of hydrogen-bond acceptors (Lipinski definition) is 6. The molecule has 226 valence electrons. The maximum Gasteiger partial charge on any atom is 0.408 e. The largest absolute Gasteiger partial charge is 0.444 e. The lowest BCUT2D eigenvalue weighted by atomic mass is 9.76. The van der Waals surface area contributed by atoms with E-state index in [1.54, 1.807) is 24.5 Å². The van der Waals surface area contributed by atoms with Gasteiger partial charge >= 0.3 is 12.7 Å². The number of halogens is 3. The van der Waals surface area contributed by atoms with Crippen LogP contribution in [0.1, 0.15) is 63.7 Å². The van der Waals surface area contributed by atoms with Gasteiger partial charge < -0.3 is 19.4 Å². The van der Waals surface area contributed by atoms with Crippen LogP contribution in [0.5, 0.6) is 5.75 Å². The van der Waals surface area contributed by atoms with Gasteiger partial charge in [-0.15, -0.1) is 6.58 Å². The molecule has 43 heavy (non-hydrogen) atoms. The second-order valence-electron chi connectivity index (χ2n) is 11.6. The minimum Gasteiger partial charge on any atom is -0.444 e. The van der Waals surface area contributed by atoms with Crippen LogP contribution in [-0.2, 0) is 23.2 Å². The zero-order valence-electron chi connectivity index (χ0n) is 24.4. The predicted molar refractivity (Wildman–Crippen MR) is 164 cm³/mol. The number of nitrogens with zero attached hydrogens (tertiary/aromatic N) is 4. The average molecular weight is 655 g/mol. The number of fused-ring (bicyclic) bond motifs is 1. The molecule has 0 radical (unpaired) electrons. The lowest BCUT2D eigenvalue weighted by molar-refractivity contribution is -0.0505. The highest BCUT2D eigenvalue weighted by atomic mass is 79.9. The summed E-state index contributed by atoms with van der Waals surface area (Å²) in [5.41, 5.74) is 2.65. The number of nitrogens with one attached hydrogen (secondary N) is 1. The van der Waals surface area contributed by atoms with Gasteiger partial charge in [0.2, 0.25) is 0 Å². The quantitative estimate of drug-likeness (QED) is 0.175. The van der Waals surface area contributed by atoms with E-state index >= 15 is 0 Å². The highest BCUT2D eigenvalue weighted by molar-refractivity contribution is 9.10. The lowest BCUT2D eigenvalue weighted by Gasteiger charge is -2.41. The first-order valence-electron chi connectivity index (χ1n) is 14.1. The van der Waals surface area contributed by atoms with E-state index in [9.17, 15) is 13.6 Å². The van der Waals surface area contributed by atoms with E-state index < -0.39 is 23.8 Å². The van der Waals surface area contributed by atoms with Crippen molar-refractivity contribution in [3.8, 4) is 16.9 Å². The summed E-state index contributed by atoms with van der Waals surface area (Å²) >= 11 is 3.50. The number of alkyl carbamates (subject to hydrolysis) is 1. The van der Waals surface area contributed by atoms with Gasteiger partial charge in [0.15, 0.2) is 5.82 Å². The maximum atomic E-state index is 13.1. The number of amides is 1. The number of aryl methyl sites for hydroxylation is 1. The number of carbonyl (C=O) groups excluding carboxylic acids is 1. The summed E-state index contributed by atoms with van der Waals surface area (Å²) in [5, 5.41) is 2.99. The molecule has 2 aromatic heterocycles. The van der Waals surface area contributed by atoms with Crippen LogP contribution in [0.15, 0.2) is 65.9 Å². The van der Waals surface area contributed by atoms with E-state index in [0.717, 1.165) is 47.2 Å². The first-order valence-corrected chi connectivity index (χ1v) is 14.9. The van der Waals surface area contributed by atoms with Crippen molar-refractivity contribution in [3.63, 3.8) is 0 Å². The van der Waals surface area contributed by atoms with Crippen molar-refractivity contribution >= 4 is 33.1 Å². The van der Waals surface area contributed by atoms with E-state index in [1.165, 1.54) is 6.07 Å². The van der Waals surface area contributed by atoms with Gasteiger partial charge in [0, 0.05) is 34.4 Å². The summed E-state index contributed by atoms with van der Waals surface area (Å²) in [4.78, 5) is 26.7. The van der Waals surface area contributed by atoms with Crippen molar-refractivity contribution in [2.75, 3.05) is 0 Å². The number of imidazole rings is 1. The van der Waals surface area contributed by atoms with Gasteiger partial charge in [0.05, 0.1) is 17.6 Å². The zero-order valence-corrected chi connectivity index (χ0v) is 26.0. The van der Waals surface area contributed by atoms with Crippen molar-refractivity contribution in [1.82, 2.24) is 24.8 Å². The van der Waals surface area contributed by atoms with E-state index in [0.29, 0.717) is 28.7 Å². The van der Waals surface area contributed by atoms with Crippen LogP contribution in [0.2, 0.25) is 0 Å². The first kappa shape index (κ1) is 30.6. The van der Waals surface area contributed by atoms with E-state index in [-0.39, 0.29) is 12.3 Å². The third-order valence-corrected chi connectivity index (χ3v) is 8.11. The Morgan fingerprint density at radius 3 is 2.56 bits per heavy atom. The van der Waals surface area contributed by atoms with Crippen LogP contribution < -0.4 is 10.1 Å². The minimum absolute atomic E-state index is 0.111. The molecule has 0 saturated heterocycles. The van der Waals surface area contributed by atoms with Gasteiger partial charge in [-0.2, -0.15) is 8.78 Å². The van der Waals surface area contributed by atoms with Gasteiger partial charge in [-0.3, -0.25) is 0 Å². The molecular weight excluding hydrogens is 620 g/mol. The smallest absolute Gasteiger partial charge is 0.408 e. The Morgan fingerprint density at radius 2 is 1.93 bits per heavy atom. The van der Waals surface area contributed by atoms with Crippen LogP contribution in [0.4, 0.5) is 13.6 Å². The third-order valence-electron chi connectivity index (χ3n) is 7.37. The molecule has 0 unspecified atom stereocenters. The van der Waals surface area contributed by atoms with Crippen LogP contribution in [0.3, 0.4) is 0 Å². The van der Waals surface area contributed by atoms with Crippen molar-refractivity contribution in [1.29, 1.82) is 0 Å². The number of hydrogen-bond donors (Lipinski definition) is 1. The Labute approximate surface area is 257 Å². The van der Waals surface area contributed by atoms with Crippen molar-refractivity contribution in [3.05, 3.63) is 83.1 Å². The van der Waals surface area contributed by atoms with Gasteiger partial charge in [-0.1, -0.05) is 34.1 Å². The fourth-order valence-electron chi connectivity index (χ4n) is 5.17. The molecule has 0 atom stereocenters. The molecule has 1 saturated carbocycles. The molecule has 4 aromatic rings. The zero-order chi connectivity index (χ0) is 30.8. The van der Waals surface area contributed by atoms with Crippen molar-refractivity contribution in [2.24, 2.45) is 0 Å². The minimum atomic E-state index is -2.93. The molecule has 1 fully saturated rings. The van der Waals surface area contributed by atoms with Gasteiger partial charge in [0.25, 0.3) is 0 Å². The molecule has 1 aliphatic rings. The van der Waals surface area contributed by atoms with Crippen LogP contribution >= 0.6 is 15.9 Å². The summed E-state index contributed by atoms with van der Waals surface area (Å²) < 4.78 is 39.2. The number of allylic oxidation sites excluding steroid dienone is 1. The molecule has 1 amide bonds. The van der Waals surface area contributed by atoms with Gasteiger partial charge in [-0.05, 0) is 76.3 Å². The highest BCUT2D eigenvalue weighted by Crippen LogP contribution is 2.40. The number of ether oxygens (including phenoxy) is 2. The number of aromatic nitrogens is 4. The number of carbonyl (C=O) groups is 1. The van der Waals surface area contributed by atoms with Crippen LogP contribution in [-0.4, -0.2) is 37.8 Å². The third kappa shape index (κ3) is 6.87. The Balaban J connectivity index is 1.44. The first-order chi connectivity index (χ1) is 20.5. The normalized spacial score (nSPS) is 14.4. The van der Waals surface area contributed by atoms with Crippen molar-refractivity contribution in [2.45, 2.75) is 77.2 Å². The second-order valence-corrected chi connectivity index (χ2v) is 12.5. The Morgan fingerprint density at radius 1 is 1.19 bits per heavy atom. The fraction of sp³-hybridized carbons (Fsp3) is 0.375. The Hall–Kier alpha value is -3.86. The summed E-state index contributed by atoms with van der Waals surface area (Å²) in [6.45, 7) is 6.67. The predicted octanol–water partition coefficient (Wildman–Crippen LogP) is 7.93. The monoisotopic (exact) mass is 653 g/mol. The van der Waals surface area contributed by atoms with Crippen molar-refractivity contribution < 1.29 is 23.0 Å². The summed E-state index contributed by atoms with van der Waals surface area (Å²) in [5.74, 6) is 1.47. The summed E-state index contributed by atoms with van der Waals surface area (Å²) in [7, 11) is 0. The fourth-order valence-corrected chi connectivity index (χ4v) is 5.65. The molecule has 2 heterocycles. The molecule has 0 bridgehead atoms. The van der Waals surface area contributed by atoms with Gasteiger partial charge in [0.1, 0.15) is 22.7 Å². The lowest BCUT2D eigenvalue weighted by Crippen LogP contribution is -2.53. The Kier molecular flexibility index (Phi) is 8.82. The Bertz CT molecular complexity index is 1630. The molecule has 8 nitrogen and oxygen atoms in total. The summed E-state index contributed by atoms with van der Waals surface area (Å²) in [6.07, 6.45) is 8.63. The van der Waals surface area contributed by atoms with Gasteiger partial charge in [-0.25, -0.2) is 19.7 Å². The number of benzene rings is 2. The van der Waals surface area contributed by atoms with Crippen LogP contribution in [0.25, 0.3) is 22.2 Å². The molecule has 2 aromatic carbocycles. The molecule has 11 heteroatoms. The highest BCUT2D eigenvalue weighted by Gasteiger charge is 2.43. The number of alkyl halides is 2. The standard InChI is InChI=1S/C32H34BrF2N5O3/c1-5-6-11-27-38-24-16-20(12-13-25(24)40(27)19-22-23(33)9-7-10-26(22)42-29(34)35)21-17-36-28(37-18-21)32(14-8-15-32)39-30(41)43-31(2,3)4/h5,7,9-10,12-13,16-18,29H,1,6,8,11,14-15,19H2,2-4H3,(H,39,41). The SMILES string of the molecule is C=CCCc1nc2cc(-c3cnc(C4(NC(=O)OC(C)(C)C)CCC4)nc3)ccc2n1Cc1c(Br)cccc1OC(F)F. The topological polar surface area (TPSA) is 91.2 Å². The van der Waals surface area contributed by atoms with E-state index in [2.05, 4.69) is 37.8 Å². The molecule has 1 N–H and O–H groups in total. The molecule has 1 aliphatic carbocycles. The number of rotatable bonds is 10. The second kappa shape index (κ2) is 12.4. The van der Waals surface area contributed by atoms with E-state index in [4.69, 9.17) is 14.5 Å². The summed E-state index contributed by atoms with van der Waals surface area (Å²) in [6, 6.07) is 10.9. The average Bonchev–Trinajstić information content (AvgIpc) is 3.26. The molecular formula is C32H34BrF2N5O3. The molecule has 5 rings (SSSR count). The molecule has 0 aliphatic heterocycles. The van der Waals surface area contributed by atoms with Crippen LogP contribution in [0, 0.1) is 0 Å². The maximum absolute atomic E-state index is 13.1.